The van der Waals surface area contributed by atoms with Crippen molar-refractivity contribution in [1.82, 2.24) is 4.90 Å². The number of piperidine rings is 1. The van der Waals surface area contributed by atoms with E-state index in [0.29, 0.717) is 24.0 Å². The molecule has 2 aromatic rings. The number of carbonyl (C=O) groups is 1. The van der Waals surface area contributed by atoms with Crippen molar-refractivity contribution in [3.63, 3.8) is 0 Å². The van der Waals surface area contributed by atoms with Gasteiger partial charge in [0.25, 0.3) is 0 Å². The van der Waals surface area contributed by atoms with Crippen molar-refractivity contribution in [3.05, 3.63) is 60.2 Å². The summed E-state index contributed by atoms with van der Waals surface area (Å²) < 4.78 is 11.1. The number of benzene rings is 2. The van der Waals surface area contributed by atoms with Crippen molar-refractivity contribution in [2.45, 2.75) is 38.6 Å². The molecule has 0 amide bonds. The van der Waals surface area contributed by atoms with Gasteiger partial charge in [-0.2, -0.15) is 0 Å². The highest BCUT2D eigenvalue weighted by Crippen LogP contribution is 2.21. The number of hydrogen-bond acceptors (Lipinski definition) is 4. The number of ether oxygens (including phenoxy) is 2. The fraction of sp³-hybridized carbons (Fsp3) is 0.409. The van der Waals surface area contributed by atoms with Gasteiger partial charge in [-0.15, -0.1) is 0 Å². The van der Waals surface area contributed by atoms with Crippen LogP contribution in [0.4, 0.5) is 0 Å². The van der Waals surface area contributed by atoms with E-state index < -0.39 is 0 Å². The first kappa shape index (κ1) is 18.5. The van der Waals surface area contributed by atoms with Crippen LogP contribution in [0.3, 0.4) is 0 Å². The van der Waals surface area contributed by atoms with Crippen molar-refractivity contribution in [3.8, 4) is 11.5 Å². The third-order valence-corrected chi connectivity index (χ3v) is 4.83. The van der Waals surface area contributed by atoms with E-state index in [1.165, 1.54) is 19.3 Å². The summed E-state index contributed by atoms with van der Waals surface area (Å²) in [5.74, 6) is 1.20. The van der Waals surface area contributed by atoms with E-state index in [4.69, 9.17) is 9.47 Å². The zero-order chi connectivity index (χ0) is 18.2. The molecule has 26 heavy (non-hydrogen) atoms. The SMILES string of the molecule is C[C@H]1CCCCN1CCCOC(=O)c1ccc(Oc2ccccc2)cc1. The van der Waals surface area contributed by atoms with Gasteiger partial charge >= 0.3 is 5.97 Å². The second-order valence-corrected chi connectivity index (χ2v) is 6.81. The zero-order valence-electron chi connectivity index (χ0n) is 15.4. The molecule has 1 saturated heterocycles. The van der Waals surface area contributed by atoms with Gasteiger partial charge in [-0.05, 0) is 69.1 Å². The summed E-state index contributed by atoms with van der Waals surface area (Å²) >= 11 is 0. The van der Waals surface area contributed by atoms with Crippen LogP contribution in [0.15, 0.2) is 54.6 Å². The molecule has 2 aromatic carbocycles. The number of esters is 1. The molecule has 1 atom stereocenters. The quantitative estimate of drug-likeness (QED) is 0.524. The van der Waals surface area contributed by atoms with E-state index in [1.54, 1.807) is 24.3 Å². The molecule has 3 rings (SSSR count). The first-order valence-electron chi connectivity index (χ1n) is 9.46. The maximum atomic E-state index is 12.2. The lowest BCUT2D eigenvalue weighted by Crippen LogP contribution is -2.38. The molecule has 0 bridgehead atoms. The number of nitrogens with zero attached hydrogens (tertiary/aromatic N) is 1. The molecular formula is C22H27NO3. The van der Waals surface area contributed by atoms with Crippen LogP contribution >= 0.6 is 0 Å². The highest BCUT2D eigenvalue weighted by atomic mass is 16.5. The minimum Gasteiger partial charge on any atom is -0.462 e. The van der Waals surface area contributed by atoms with Gasteiger partial charge in [0, 0.05) is 12.6 Å². The Bertz CT molecular complexity index is 684. The first-order valence-corrected chi connectivity index (χ1v) is 9.46. The lowest BCUT2D eigenvalue weighted by molar-refractivity contribution is 0.0475. The predicted molar refractivity (Wildman–Crippen MR) is 103 cm³/mol. The minimum atomic E-state index is -0.275. The second kappa shape index (κ2) is 9.39. The van der Waals surface area contributed by atoms with Crippen LogP contribution in [0.25, 0.3) is 0 Å². The van der Waals surface area contributed by atoms with E-state index in [-0.39, 0.29) is 5.97 Å². The molecule has 0 N–H and O–H groups in total. The predicted octanol–water partition coefficient (Wildman–Crippen LogP) is 4.90. The van der Waals surface area contributed by atoms with Crippen LogP contribution in [-0.4, -0.2) is 36.6 Å². The summed E-state index contributed by atoms with van der Waals surface area (Å²) in [4.78, 5) is 14.6. The fourth-order valence-corrected chi connectivity index (χ4v) is 3.29. The number of hydrogen-bond donors (Lipinski definition) is 0. The van der Waals surface area contributed by atoms with Crippen LogP contribution in [0.5, 0.6) is 11.5 Å². The number of para-hydroxylation sites is 1. The van der Waals surface area contributed by atoms with E-state index in [0.717, 1.165) is 25.3 Å². The molecule has 1 fully saturated rings. The molecule has 0 unspecified atom stereocenters. The van der Waals surface area contributed by atoms with Gasteiger partial charge in [0.15, 0.2) is 0 Å². The molecule has 4 heteroatoms. The third-order valence-electron chi connectivity index (χ3n) is 4.83. The Balaban J connectivity index is 1.41. The van der Waals surface area contributed by atoms with E-state index in [2.05, 4.69) is 11.8 Å². The Morgan fingerprint density at radius 3 is 2.50 bits per heavy atom. The van der Waals surface area contributed by atoms with Crippen LogP contribution in [0, 0.1) is 0 Å². The maximum Gasteiger partial charge on any atom is 0.338 e. The van der Waals surface area contributed by atoms with Gasteiger partial charge in [-0.3, -0.25) is 0 Å². The molecule has 0 aliphatic carbocycles. The van der Waals surface area contributed by atoms with E-state index in [1.807, 2.05) is 30.3 Å². The standard InChI is InChI=1S/C22H27NO3/c1-18-8-5-6-15-23(18)16-7-17-25-22(24)19-11-13-21(14-12-19)26-20-9-3-2-4-10-20/h2-4,9-14,18H,5-8,15-17H2,1H3/t18-/m0/s1. The molecular weight excluding hydrogens is 326 g/mol. The number of rotatable bonds is 7. The molecule has 1 aliphatic heterocycles. The van der Waals surface area contributed by atoms with Gasteiger partial charge in [0.1, 0.15) is 11.5 Å². The van der Waals surface area contributed by atoms with Crippen molar-refractivity contribution in [2.24, 2.45) is 0 Å². The highest BCUT2D eigenvalue weighted by Gasteiger charge is 2.17. The Kier molecular flexibility index (Phi) is 6.67. The molecule has 1 heterocycles. The van der Waals surface area contributed by atoms with Crippen LogP contribution < -0.4 is 4.74 Å². The molecule has 0 saturated carbocycles. The highest BCUT2D eigenvalue weighted by molar-refractivity contribution is 5.89. The normalized spacial score (nSPS) is 17.7. The van der Waals surface area contributed by atoms with Crippen molar-refractivity contribution >= 4 is 5.97 Å². The van der Waals surface area contributed by atoms with Gasteiger partial charge in [0.05, 0.1) is 12.2 Å². The van der Waals surface area contributed by atoms with Gasteiger partial charge < -0.3 is 14.4 Å². The third kappa shape index (κ3) is 5.33. The molecule has 4 nitrogen and oxygen atoms in total. The summed E-state index contributed by atoms with van der Waals surface area (Å²) in [5, 5.41) is 0. The number of carbonyl (C=O) groups excluding carboxylic acids is 1. The average Bonchev–Trinajstić information content (AvgIpc) is 2.68. The van der Waals surface area contributed by atoms with Crippen molar-refractivity contribution in [2.75, 3.05) is 19.7 Å². The Morgan fingerprint density at radius 1 is 1.04 bits per heavy atom. The van der Waals surface area contributed by atoms with Gasteiger partial charge in [-0.1, -0.05) is 24.6 Å². The number of likely N-dealkylation sites (tertiary alicyclic amines) is 1. The second-order valence-electron chi connectivity index (χ2n) is 6.81. The Labute approximate surface area is 155 Å². The first-order chi connectivity index (χ1) is 12.7. The molecule has 0 spiro atoms. The fourth-order valence-electron chi connectivity index (χ4n) is 3.29. The smallest absolute Gasteiger partial charge is 0.338 e. The van der Waals surface area contributed by atoms with Crippen LogP contribution in [0.1, 0.15) is 43.0 Å². The van der Waals surface area contributed by atoms with E-state index >= 15 is 0 Å². The average molecular weight is 353 g/mol. The molecule has 1 aliphatic rings. The van der Waals surface area contributed by atoms with Gasteiger partial charge in [0.2, 0.25) is 0 Å². The lowest BCUT2D eigenvalue weighted by atomic mass is 10.0. The topological polar surface area (TPSA) is 38.8 Å². The Morgan fingerprint density at radius 2 is 1.77 bits per heavy atom. The lowest BCUT2D eigenvalue weighted by Gasteiger charge is -2.33. The largest absolute Gasteiger partial charge is 0.462 e. The molecule has 0 aromatic heterocycles. The minimum absolute atomic E-state index is 0.275. The monoisotopic (exact) mass is 353 g/mol. The summed E-state index contributed by atoms with van der Waals surface area (Å²) in [7, 11) is 0. The van der Waals surface area contributed by atoms with Crippen molar-refractivity contribution in [1.29, 1.82) is 0 Å². The summed E-state index contributed by atoms with van der Waals surface area (Å²) in [6.45, 7) is 4.91. The summed E-state index contributed by atoms with van der Waals surface area (Å²) in [5.41, 5.74) is 0.553. The summed E-state index contributed by atoms with van der Waals surface area (Å²) in [6.07, 6.45) is 4.76. The summed E-state index contributed by atoms with van der Waals surface area (Å²) in [6, 6.07) is 17.3. The zero-order valence-corrected chi connectivity index (χ0v) is 15.4. The maximum absolute atomic E-state index is 12.2. The van der Waals surface area contributed by atoms with Crippen LogP contribution in [0.2, 0.25) is 0 Å². The van der Waals surface area contributed by atoms with Crippen LogP contribution in [-0.2, 0) is 4.74 Å². The van der Waals surface area contributed by atoms with Crippen molar-refractivity contribution < 1.29 is 14.3 Å². The Hall–Kier alpha value is -2.33. The van der Waals surface area contributed by atoms with Gasteiger partial charge in [-0.25, -0.2) is 4.79 Å². The molecule has 138 valence electrons. The van der Waals surface area contributed by atoms with E-state index in [9.17, 15) is 4.79 Å². The molecule has 0 radical (unpaired) electrons.